The van der Waals surface area contributed by atoms with Crippen LogP contribution >= 0.6 is 0 Å². The first-order chi connectivity index (χ1) is 16.2. The van der Waals surface area contributed by atoms with Gasteiger partial charge in [-0.25, -0.2) is 4.98 Å². The number of carbonyl (C=O) groups is 2. The number of amides is 2. The first-order valence-electron chi connectivity index (χ1n) is 10.7. The zero-order valence-corrected chi connectivity index (χ0v) is 18.1. The van der Waals surface area contributed by atoms with E-state index >= 15 is 0 Å². The molecule has 0 spiro atoms. The third kappa shape index (κ3) is 6.37. The van der Waals surface area contributed by atoms with E-state index in [1.165, 1.54) is 30.3 Å². The van der Waals surface area contributed by atoms with Gasteiger partial charge in [-0.1, -0.05) is 6.08 Å². The number of nitrogens with one attached hydrogen (secondary N) is 1. The first kappa shape index (κ1) is 23.3. The molecular formula is C24H22F3N3O4. The Hall–Kier alpha value is -3.82. The predicted octanol–water partition coefficient (Wildman–Crippen LogP) is 4.12. The van der Waals surface area contributed by atoms with E-state index in [0.29, 0.717) is 43.9 Å². The Labute approximate surface area is 193 Å². The maximum atomic E-state index is 12.5. The maximum Gasteiger partial charge on any atom is 0.573 e. The SMILES string of the molecule is O=C1CCc2cc(C=CC(=O)N3CC=C(COc4ccc(OC(F)(F)F)cc4)CC3)cnc2N1. The average molecular weight is 473 g/mol. The van der Waals surface area contributed by atoms with Gasteiger partial charge in [0.05, 0.1) is 0 Å². The number of aryl methyl sites for hydroxylation is 1. The fourth-order valence-electron chi connectivity index (χ4n) is 3.59. The van der Waals surface area contributed by atoms with E-state index in [0.717, 1.165) is 16.7 Å². The molecule has 0 saturated carbocycles. The van der Waals surface area contributed by atoms with Crippen LogP contribution in [0, 0.1) is 0 Å². The van der Waals surface area contributed by atoms with Gasteiger partial charge in [0.1, 0.15) is 23.9 Å². The summed E-state index contributed by atoms with van der Waals surface area (Å²) in [4.78, 5) is 29.9. The second-order valence-electron chi connectivity index (χ2n) is 7.86. The average Bonchev–Trinajstić information content (AvgIpc) is 2.81. The number of carbonyl (C=O) groups excluding carboxylic acids is 2. The van der Waals surface area contributed by atoms with E-state index in [4.69, 9.17) is 4.74 Å². The van der Waals surface area contributed by atoms with Crippen LogP contribution in [0.4, 0.5) is 19.0 Å². The van der Waals surface area contributed by atoms with Gasteiger partial charge in [-0.3, -0.25) is 9.59 Å². The molecule has 2 amide bonds. The third-order valence-electron chi connectivity index (χ3n) is 5.38. The molecule has 2 aromatic rings. The summed E-state index contributed by atoms with van der Waals surface area (Å²) in [7, 11) is 0. The van der Waals surface area contributed by atoms with Crippen molar-refractivity contribution in [3.8, 4) is 11.5 Å². The van der Waals surface area contributed by atoms with E-state index in [1.807, 2.05) is 12.1 Å². The number of fused-ring (bicyclic) bond motifs is 1. The molecule has 34 heavy (non-hydrogen) atoms. The van der Waals surface area contributed by atoms with Gasteiger partial charge in [0.2, 0.25) is 11.8 Å². The molecule has 3 heterocycles. The van der Waals surface area contributed by atoms with Gasteiger partial charge in [-0.15, -0.1) is 13.2 Å². The Balaban J connectivity index is 1.25. The largest absolute Gasteiger partial charge is 0.573 e. The summed E-state index contributed by atoms with van der Waals surface area (Å²) in [5, 5.41) is 2.73. The van der Waals surface area contributed by atoms with Crippen LogP contribution in [-0.4, -0.2) is 47.8 Å². The summed E-state index contributed by atoms with van der Waals surface area (Å²) in [5.74, 6) is 0.519. The highest BCUT2D eigenvalue weighted by molar-refractivity contribution is 5.94. The molecule has 4 rings (SSSR count). The highest BCUT2D eigenvalue weighted by Gasteiger charge is 2.31. The van der Waals surface area contributed by atoms with Crippen LogP contribution in [0.25, 0.3) is 6.08 Å². The molecule has 7 nitrogen and oxygen atoms in total. The Morgan fingerprint density at radius 2 is 1.91 bits per heavy atom. The van der Waals surface area contributed by atoms with E-state index < -0.39 is 6.36 Å². The Morgan fingerprint density at radius 1 is 1.15 bits per heavy atom. The van der Waals surface area contributed by atoms with Crippen LogP contribution in [0.15, 0.2) is 54.3 Å². The molecule has 1 N–H and O–H groups in total. The number of benzene rings is 1. The summed E-state index contributed by atoms with van der Waals surface area (Å²) < 4.78 is 46.1. The fourth-order valence-corrected chi connectivity index (χ4v) is 3.59. The Morgan fingerprint density at radius 3 is 2.62 bits per heavy atom. The molecule has 0 aliphatic carbocycles. The van der Waals surface area contributed by atoms with Crippen LogP contribution in [-0.2, 0) is 16.0 Å². The minimum Gasteiger partial charge on any atom is -0.489 e. The van der Waals surface area contributed by atoms with Crippen molar-refractivity contribution in [2.45, 2.75) is 25.6 Å². The predicted molar refractivity (Wildman–Crippen MR) is 118 cm³/mol. The zero-order chi connectivity index (χ0) is 24.1. The maximum absolute atomic E-state index is 12.5. The number of hydrogen-bond donors (Lipinski definition) is 1. The number of halogens is 3. The number of anilines is 1. The highest BCUT2D eigenvalue weighted by atomic mass is 19.4. The number of pyridine rings is 1. The summed E-state index contributed by atoms with van der Waals surface area (Å²) >= 11 is 0. The minimum absolute atomic E-state index is 0.0465. The number of rotatable bonds is 6. The van der Waals surface area contributed by atoms with Gasteiger partial charge in [0.25, 0.3) is 0 Å². The van der Waals surface area contributed by atoms with Crippen LogP contribution in [0.3, 0.4) is 0 Å². The topological polar surface area (TPSA) is 80.8 Å². The van der Waals surface area contributed by atoms with Gasteiger partial charge in [0.15, 0.2) is 0 Å². The normalized spacial score (nSPS) is 16.0. The minimum atomic E-state index is -4.73. The van der Waals surface area contributed by atoms with E-state index in [2.05, 4.69) is 15.0 Å². The van der Waals surface area contributed by atoms with E-state index in [-0.39, 0.29) is 24.2 Å². The summed E-state index contributed by atoms with van der Waals surface area (Å²) in [6.45, 7) is 1.26. The van der Waals surface area contributed by atoms with E-state index in [9.17, 15) is 22.8 Å². The second-order valence-corrected chi connectivity index (χ2v) is 7.86. The molecule has 0 bridgehead atoms. The number of aromatic nitrogens is 1. The molecule has 0 unspecified atom stereocenters. The number of hydrogen-bond acceptors (Lipinski definition) is 5. The smallest absolute Gasteiger partial charge is 0.489 e. The number of alkyl halides is 3. The lowest BCUT2D eigenvalue weighted by molar-refractivity contribution is -0.274. The standard InChI is InChI=1S/C24H22F3N3O4/c25-24(26,27)34-20-5-3-19(4-6-20)33-15-16-9-11-30(12-10-16)22(32)8-1-17-13-18-2-7-21(31)29-23(18)28-14-17/h1,3-6,8-9,13-14H,2,7,10-12,15H2,(H,28,29,31). The van der Waals surface area contributed by atoms with Crippen LogP contribution in [0.2, 0.25) is 0 Å². The van der Waals surface area contributed by atoms with Gasteiger partial charge >= 0.3 is 6.36 Å². The van der Waals surface area contributed by atoms with Crippen molar-refractivity contribution in [1.29, 1.82) is 0 Å². The Bertz CT molecular complexity index is 1130. The van der Waals surface area contributed by atoms with Crippen molar-refractivity contribution in [3.63, 3.8) is 0 Å². The monoisotopic (exact) mass is 473 g/mol. The lowest BCUT2D eigenvalue weighted by Crippen LogP contribution is -2.34. The molecule has 2 aliphatic heterocycles. The van der Waals surface area contributed by atoms with Gasteiger partial charge < -0.3 is 19.7 Å². The van der Waals surface area contributed by atoms with Gasteiger partial charge in [0, 0.05) is 31.8 Å². The third-order valence-corrected chi connectivity index (χ3v) is 5.38. The molecule has 0 atom stereocenters. The fraction of sp³-hybridized carbons (Fsp3) is 0.292. The summed E-state index contributed by atoms with van der Waals surface area (Å²) in [6.07, 6.45) is 3.69. The van der Waals surface area contributed by atoms with Crippen molar-refractivity contribution in [3.05, 3.63) is 65.4 Å². The van der Waals surface area contributed by atoms with E-state index in [1.54, 1.807) is 17.2 Å². The van der Waals surface area contributed by atoms with Crippen molar-refractivity contribution in [1.82, 2.24) is 9.88 Å². The Kier molecular flexibility index (Phi) is 6.85. The molecule has 1 aromatic heterocycles. The molecule has 0 fully saturated rings. The molecule has 0 radical (unpaired) electrons. The van der Waals surface area contributed by atoms with Crippen LogP contribution in [0.5, 0.6) is 11.5 Å². The van der Waals surface area contributed by atoms with Gasteiger partial charge in [-0.2, -0.15) is 0 Å². The molecule has 178 valence electrons. The lowest BCUT2D eigenvalue weighted by Gasteiger charge is -2.25. The van der Waals surface area contributed by atoms with Gasteiger partial charge in [-0.05, 0) is 65.9 Å². The lowest BCUT2D eigenvalue weighted by atomic mass is 10.0. The highest BCUT2D eigenvalue weighted by Crippen LogP contribution is 2.25. The molecule has 2 aliphatic rings. The molecule has 0 saturated heterocycles. The zero-order valence-electron chi connectivity index (χ0n) is 18.1. The van der Waals surface area contributed by atoms with Crippen molar-refractivity contribution < 1.29 is 32.2 Å². The quantitative estimate of drug-likeness (QED) is 0.505. The molecular weight excluding hydrogens is 451 g/mol. The van der Waals surface area contributed by atoms with Crippen molar-refractivity contribution in [2.75, 3.05) is 25.0 Å². The van der Waals surface area contributed by atoms with Crippen molar-refractivity contribution in [2.24, 2.45) is 0 Å². The van der Waals surface area contributed by atoms with Crippen molar-refractivity contribution >= 4 is 23.7 Å². The second kappa shape index (κ2) is 9.98. The number of ether oxygens (including phenoxy) is 2. The summed E-state index contributed by atoms with van der Waals surface area (Å²) in [6, 6.07) is 7.12. The molecule has 1 aromatic carbocycles. The first-order valence-corrected chi connectivity index (χ1v) is 10.7. The van der Waals surface area contributed by atoms with Crippen LogP contribution in [0.1, 0.15) is 24.0 Å². The summed E-state index contributed by atoms with van der Waals surface area (Å²) in [5.41, 5.74) is 2.74. The number of nitrogens with zero attached hydrogens (tertiary/aromatic N) is 2. The van der Waals surface area contributed by atoms with Crippen LogP contribution < -0.4 is 14.8 Å². The molecule has 10 heteroatoms.